The van der Waals surface area contributed by atoms with E-state index in [2.05, 4.69) is 79.1 Å². The van der Waals surface area contributed by atoms with Crippen LogP contribution in [0.4, 0.5) is 11.5 Å². The smallest absolute Gasteiger partial charge is 0.173 e. The van der Waals surface area contributed by atoms with E-state index in [1.165, 1.54) is 10.5 Å². The molecule has 0 spiro atoms. The number of nitrogens with zero attached hydrogens (tertiary/aromatic N) is 3. The van der Waals surface area contributed by atoms with E-state index in [1.807, 2.05) is 4.52 Å². The van der Waals surface area contributed by atoms with Crippen molar-refractivity contribution in [2.75, 3.05) is 11.6 Å². The molecule has 4 aromatic rings. The molecule has 0 amide bonds. The first-order valence-electron chi connectivity index (χ1n) is 8.59. The SMILES string of the molecule is CSc1ccc(-c2nc3c(C#N)c[nH]n3c2Nc2ccc(C)cc2C)cc1. The average Bonchev–Trinajstić information content (AvgIpc) is 3.23. The molecule has 5 nitrogen and oxygen atoms in total. The average molecular weight is 373 g/mol. The number of H-pyrrole nitrogens is 1. The molecule has 0 aliphatic heterocycles. The number of aromatic nitrogens is 3. The lowest BCUT2D eigenvalue weighted by Gasteiger charge is -2.11. The van der Waals surface area contributed by atoms with Gasteiger partial charge in [-0.1, -0.05) is 29.8 Å². The summed E-state index contributed by atoms with van der Waals surface area (Å²) in [5.74, 6) is 0.815. The van der Waals surface area contributed by atoms with Gasteiger partial charge in [0.25, 0.3) is 0 Å². The van der Waals surface area contributed by atoms with Gasteiger partial charge in [0, 0.05) is 22.3 Å². The Kier molecular flexibility index (Phi) is 4.38. The highest BCUT2D eigenvalue weighted by Gasteiger charge is 2.18. The first-order chi connectivity index (χ1) is 13.1. The summed E-state index contributed by atoms with van der Waals surface area (Å²) in [5.41, 5.74) is 6.33. The van der Waals surface area contributed by atoms with Crippen LogP contribution in [0.3, 0.4) is 0 Å². The van der Waals surface area contributed by atoms with Crippen LogP contribution in [0, 0.1) is 25.2 Å². The molecule has 6 heteroatoms. The predicted molar refractivity (Wildman–Crippen MR) is 111 cm³/mol. The van der Waals surface area contributed by atoms with Crippen molar-refractivity contribution in [2.24, 2.45) is 0 Å². The Labute approximate surface area is 162 Å². The number of rotatable bonds is 4. The molecule has 2 aromatic heterocycles. The Bertz CT molecular complexity index is 1160. The number of hydrogen-bond donors (Lipinski definition) is 2. The number of hydrogen-bond acceptors (Lipinski definition) is 4. The van der Waals surface area contributed by atoms with E-state index in [-0.39, 0.29) is 0 Å². The van der Waals surface area contributed by atoms with Crippen molar-refractivity contribution >= 4 is 28.9 Å². The molecule has 0 fully saturated rings. The van der Waals surface area contributed by atoms with Crippen LogP contribution >= 0.6 is 11.8 Å². The van der Waals surface area contributed by atoms with Gasteiger partial charge in [-0.2, -0.15) is 5.26 Å². The maximum Gasteiger partial charge on any atom is 0.173 e. The minimum atomic E-state index is 0.519. The lowest BCUT2D eigenvalue weighted by molar-refractivity contribution is 0.979. The number of nitriles is 1. The normalized spacial score (nSPS) is 10.9. The van der Waals surface area contributed by atoms with Crippen LogP contribution in [-0.4, -0.2) is 20.9 Å². The summed E-state index contributed by atoms with van der Waals surface area (Å²) in [7, 11) is 0. The maximum atomic E-state index is 9.38. The number of fused-ring (bicyclic) bond motifs is 1. The molecule has 2 N–H and O–H groups in total. The molecule has 0 saturated carbocycles. The molecule has 0 saturated heterocycles. The second-order valence-corrected chi connectivity index (χ2v) is 7.32. The Balaban J connectivity index is 1.88. The number of aromatic amines is 1. The number of anilines is 2. The summed E-state index contributed by atoms with van der Waals surface area (Å²) in [4.78, 5) is 5.95. The molecule has 0 unspecified atom stereocenters. The molecular formula is C21H19N5S. The topological polar surface area (TPSA) is 68.9 Å². The minimum Gasteiger partial charge on any atom is -0.338 e. The minimum absolute atomic E-state index is 0.519. The monoisotopic (exact) mass is 373 g/mol. The van der Waals surface area contributed by atoms with Crippen molar-refractivity contribution in [2.45, 2.75) is 18.7 Å². The Morgan fingerprint density at radius 2 is 1.93 bits per heavy atom. The van der Waals surface area contributed by atoms with Gasteiger partial charge in [-0.3, -0.25) is 5.10 Å². The van der Waals surface area contributed by atoms with E-state index in [4.69, 9.17) is 4.98 Å². The van der Waals surface area contributed by atoms with Crippen LogP contribution in [0.1, 0.15) is 16.7 Å². The lowest BCUT2D eigenvalue weighted by atomic mass is 10.1. The molecule has 0 aliphatic rings. The fourth-order valence-corrected chi connectivity index (χ4v) is 3.56. The zero-order valence-electron chi connectivity index (χ0n) is 15.4. The van der Waals surface area contributed by atoms with Gasteiger partial charge in [-0.05, 0) is 43.9 Å². The van der Waals surface area contributed by atoms with Crippen molar-refractivity contribution in [3.8, 4) is 17.3 Å². The molecule has 4 rings (SSSR count). The van der Waals surface area contributed by atoms with E-state index in [9.17, 15) is 5.26 Å². The second kappa shape index (κ2) is 6.86. The molecule has 2 aromatic carbocycles. The Morgan fingerprint density at radius 3 is 2.59 bits per heavy atom. The van der Waals surface area contributed by atoms with E-state index < -0.39 is 0 Å². The highest BCUT2D eigenvalue weighted by atomic mass is 32.2. The van der Waals surface area contributed by atoms with Gasteiger partial charge in [0.05, 0.1) is 0 Å². The fraction of sp³-hybridized carbons (Fsp3) is 0.143. The highest BCUT2D eigenvalue weighted by Crippen LogP contribution is 2.33. The number of thioether (sulfide) groups is 1. The third-order valence-electron chi connectivity index (χ3n) is 4.58. The highest BCUT2D eigenvalue weighted by molar-refractivity contribution is 7.98. The fourth-order valence-electron chi connectivity index (χ4n) is 3.15. The summed E-state index contributed by atoms with van der Waals surface area (Å²) >= 11 is 1.71. The van der Waals surface area contributed by atoms with Crippen molar-refractivity contribution in [3.05, 3.63) is 65.4 Å². The molecule has 27 heavy (non-hydrogen) atoms. The van der Waals surface area contributed by atoms with Crippen LogP contribution in [-0.2, 0) is 0 Å². The summed E-state index contributed by atoms with van der Waals surface area (Å²) in [5, 5.41) is 16.0. The lowest BCUT2D eigenvalue weighted by Crippen LogP contribution is -1.99. The standard InChI is InChI=1S/C21H19N5S/c1-13-4-9-18(14(2)10-13)24-21-19(15-5-7-17(27-3)8-6-15)25-20-16(11-22)12-23-26(20)21/h4-10,12,23-24H,1-3H3. The quantitative estimate of drug-likeness (QED) is 0.477. The van der Waals surface area contributed by atoms with Gasteiger partial charge in [0.15, 0.2) is 11.5 Å². The third kappa shape index (κ3) is 3.07. The van der Waals surface area contributed by atoms with Gasteiger partial charge < -0.3 is 5.32 Å². The van der Waals surface area contributed by atoms with Crippen LogP contribution in [0.15, 0.2) is 53.6 Å². The van der Waals surface area contributed by atoms with E-state index >= 15 is 0 Å². The third-order valence-corrected chi connectivity index (χ3v) is 5.32. The van der Waals surface area contributed by atoms with Crippen molar-refractivity contribution in [1.82, 2.24) is 14.6 Å². The van der Waals surface area contributed by atoms with Crippen LogP contribution in [0.2, 0.25) is 0 Å². The van der Waals surface area contributed by atoms with E-state index in [0.29, 0.717) is 11.2 Å². The molecule has 0 bridgehead atoms. The van der Waals surface area contributed by atoms with Gasteiger partial charge >= 0.3 is 0 Å². The Hall–Kier alpha value is -3.17. The van der Waals surface area contributed by atoms with Crippen molar-refractivity contribution < 1.29 is 0 Å². The van der Waals surface area contributed by atoms with Crippen LogP contribution < -0.4 is 5.32 Å². The second-order valence-electron chi connectivity index (χ2n) is 6.44. The number of aryl methyl sites for hydroxylation is 2. The molecule has 2 heterocycles. The molecule has 0 radical (unpaired) electrons. The zero-order valence-corrected chi connectivity index (χ0v) is 16.2. The number of nitrogens with one attached hydrogen (secondary N) is 2. The number of benzene rings is 2. The summed E-state index contributed by atoms with van der Waals surface area (Å²) in [6, 6.07) is 16.8. The van der Waals surface area contributed by atoms with E-state index in [1.54, 1.807) is 18.0 Å². The van der Waals surface area contributed by atoms with Gasteiger partial charge in [0.1, 0.15) is 17.3 Å². The van der Waals surface area contributed by atoms with Gasteiger partial charge in [0.2, 0.25) is 0 Å². The maximum absolute atomic E-state index is 9.38. The van der Waals surface area contributed by atoms with E-state index in [0.717, 1.165) is 28.3 Å². The first-order valence-corrected chi connectivity index (χ1v) is 9.82. The van der Waals surface area contributed by atoms with Crippen LogP contribution in [0.5, 0.6) is 0 Å². The zero-order chi connectivity index (χ0) is 19.0. The van der Waals surface area contributed by atoms with Crippen molar-refractivity contribution in [3.63, 3.8) is 0 Å². The van der Waals surface area contributed by atoms with Gasteiger partial charge in [-0.15, -0.1) is 11.8 Å². The Morgan fingerprint density at radius 1 is 1.15 bits per heavy atom. The molecule has 0 atom stereocenters. The molecule has 0 aliphatic carbocycles. The molecular weight excluding hydrogens is 354 g/mol. The molecule has 134 valence electrons. The van der Waals surface area contributed by atoms with Gasteiger partial charge in [-0.25, -0.2) is 9.50 Å². The summed E-state index contributed by atoms with van der Waals surface area (Å²) in [6.45, 7) is 4.16. The first kappa shape index (κ1) is 17.3. The summed E-state index contributed by atoms with van der Waals surface area (Å²) in [6.07, 6.45) is 3.73. The largest absolute Gasteiger partial charge is 0.338 e. The predicted octanol–water partition coefficient (Wildman–Crippen LogP) is 5.28. The summed E-state index contributed by atoms with van der Waals surface area (Å²) < 4.78 is 1.83. The number of imidazole rings is 1. The van der Waals surface area contributed by atoms with Crippen molar-refractivity contribution in [1.29, 1.82) is 5.26 Å². The van der Waals surface area contributed by atoms with Crippen LogP contribution in [0.25, 0.3) is 16.9 Å².